The maximum atomic E-state index is 12.3. The SMILES string of the molecule is Cc1csc(NC(=O)CSc2[nH]c3ccccc3[n+]2Cc2ccccc2)n1. The van der Waals surface area contributed by atoms with Crippen molar-refractivity contribution >= 4 is 45.2 Å². The minimum atomic E-state index is -0.0562. The monoisotopic (exact) mass is 395 g/mol. The third-order valence-electron chi connectivity index (χ3n) is 4.07. The lowest BCUT2D eigenvalue weighted by atomic mass is 10.2. The van der Waals surface area contributed by atoms with Crippen LogP contribution in [0.15, 0.2) is 65.1 Å². The van der Waals surface area contributed by atoms with Crippen LogP contribution in [0.1, 0.15) is 11.3 Å². The standard InChI is InChI=1S/C20H18N4OS2/c1-14-12-26-19(21-14)23-18(25)13-27-20-22-16-9-5-6-10-17(16)24(20)11-15-7-3-2-4-8-15/h2-10,12H,11,13H2,1H3,(H,21,23,25)/p+1. The quantitative estimate of drug-likeness (QED) is 0.383. The zero-order valence-corrected chi connectivity index (χ0v) is 16.4. The maximum absolute atomic E-state index is 12.3. The fourth-order valence-electron chi connectivity index (χ4n) is 2.84. The Morgan fingerprint density at radius 3 is 2.74 bits per heavy atom. The number of carbonyl (C=O) groups is 1. The van der Waals surface area contributed by atoms with Gasteiger partial charge in [-0.3, -0.25) is 4.79 Å². The average Bonchev–Trinajstić information content (AvgIpc) is 3.24. The summed E-state index contributed by atoms with van der Waals surface area (Å²) < 4.78 is 2.22. The third-order valence-corrected chi connectivity index (χ3v) is 5.95. The average molecular weight is 396 g/mol. The van der Waals surface area contributed by atoms with Gasteiger partial charge >= 0.3 is 5.16 Å². The van der Waals surface area contributed by atoms with Gasteiger partial charge in [0.05, 0.1) is 11.4 Å². The van der Waals surface area contributed by atoms with Crippen LogP contribution in [-0.4, -0.2) is 21.6 Å². The fourth-order valence-corrected chi connectivity index (χ4v) is 4.39. The number of hydrogen-bond donors (Lipinski definition) is 2. The van der Waals surface area contributed by atoms with Crippen molar-refractivity contribution in [1.82, 2.24) is 9.97 Å². The number of nitrogens with one attached hydrogen (secondary N) is 2. The van der Waals surface area contributed by atoms with Crippen molar-refractivity contribution in [3.63, 3.8) is 0 Å². The summed E-state index contributed by atoms with van der Waals surface area (Å²) in [6, 6.07) is 18.5. The number of anilines is 1. The van der Waals surface area contributed by atoms with Crippen LogP contribution in [0.2, 0.25) is 0 Å². The molecule has 7 heteroatoms. The molecular formula is C20H19N4OS2+. The van der Waals surface area contributed by atoms with Gasteiger partial charge in [-0.25, -0.2) is 14.5 Å². The van der Waals surface area contributed by atoms with E-state index in [1.807, 2.05) is 42.6 Å². The zero-order valence-electron chi connectivity index (χ0n) is 14.8. The second kappa shape index (κ2) is 7.94. The molecule has 2 N–H and O–H groups in total. The Bertz CT molecular complexity index is 1070. The van der Waals surface area contributed by atoms with Gasteiger partial charge in [-0.15, -0.1) is 11.3 Å². The Hall–Kier alpha value is -2.64. The van der Waals surface area contributed by atoms with Gasteiger partial charge in [-0.05, 0) is 36.4 Å². The largest absolute Gasteiger partial charge is 0.317 e. The number of thioether (sulfide) groups is 1. The predicted molar refractivity (Wildman–Crippen MR) is 110 cm³/mol. The molecule has 0 aliphatic heterocycles. The van der Waals surface area contributed by atoms with Crippen molar-refractivity contribution < 1.29 is 9.36 Å². The lowest BCUT2D eigenvalue weighted by molar-refractivity contribution is -0.700. The Labute approximate surface area is 165 Å². The van der Waals surface area contributed by atoms with Gasteiger partial charge in [0.25, 0.3) is 0 Å². The van der Waals surface area contributed by atoms with Gasteiger partial charge in [0, 0.05) is 5.38 Å². The molecule has 136 valence electrons. The number of benzene rings is 2. The number of hydrogen-bond acceptors (Lipinski definition) is 4. The molecule has 0 saturated heterocycles. The number of fused-ring (bicyclic) bond motifs is 1. The first-order chi connectivity index (χ1) is 13.2. The fraction of sp³-hybridized carbons (Fsp3) is 0.150. The summed E-state index contributed by atoms with van der Waals surface area (Å²) in [6.07, 6.45) is 0. The van der Waals surface area contributed by atoms with Crippen LogP contribution in [0.5, 0.6) is 0 Å². The number of aromatic nitrogens is 3. The Balaban J connectivity index is 1.53. The molecular weight excluding hydrogens is 376 g/mol. The van der Waals surface area contributed by atoms with E-state index in [9.17, 15) is 4.79 Å². The Morgan fingerprint density at radius 1 is 1.19 bits per heavy atom. The minimum absolute atomic E-state index is 0.0562. The molecule has 0 fully saturated rings. The third kappa shape index (κ3) is 4.20. The highest BCUT2D eigenvalue weighted by atomic mass is 32.2. The van der Waals surface area contributed by atoms with Crippen molar-refractivity contribution in [2.75, 3.05) is 11.1 Å². The first kappa shape index (κ1) is 17.8. The van der Waals surface area contributed by atoms with Crippen molar-refractivity contribution in [3.8, 4) is 0 Å². The van der Waals surface area contributed by atoms with Gasteiger partial charge in [0.15, 0.2) is 16.2 Å². The Morgan fingerprint density at radius 2 is 1.96 bits per heavy atom. The normalized spacial score (nSPS) is 11.0. The Kier molecular flexibility index (Phi) is 5.22. The second-order valence-corrected chi connectivity index (χ2v) is 7.97. The molecule has 1 amide bonds. The van der Waals surface area contributed by atoms with E-state index in [2.05, 4.69) is 44.1 Å². The molecule has 0 saturated carbocycles. The molecule has 0 bridgehead atoms. The van der Waals surface area contributed by atoms with Crippen LogP contribution in [-0.2, 0) is 11.3 Å². The molecule has 0 aliphatic carbocycles. The van der Waals surface area contributed by atoms with Crippen molar-refractivity contribution in [3.05, 3.63) is 71.2 Å². The van der Waals surface area contributed by atoms with Gasteiger partial charge in [-0.1, -0.05) is 42.5 Å². The number of para-hydroxylation sites is 2. The van der Waals surface area contributed by atoms with Crippen LogP contribution >= 0.6 is 23.1 Å². The smallest absolute Gasteiger partial charge is 0.301 e. The van der Waals surface area contributed by atoms with E-state index in [1.54, 1.807) is 0 Å². The number of thiazole rings is 1. The first-order valence-electron chi connectivity index (χ1n) is 8.58. The summed E-state index contributed by atoms with van der Waals surface area (Å²) in [5, 5.41) is 6.39. The number of aryl methyl sites for hydroxylation is 1. The second-order valence-electron chi connectivity index (χ2n) is 6.15. The van der Waals surface area contributed by atoms with Crippen LogP contribution in [0.3, 0.4) is 0 Å². The van der Waals surface area contributed by atoms with Crippen LogP contribution in [0.4, 0.5) is 5.13 Å². The highest BCUT2D eigenvalue weighted by Gasteiger charge is 2.20. The number of aromatic amines is 1. The van der Waals surface area contributed by atoms with Gasteiger partial charge in [-0.2, -0.15) is 0 Å². The van der Waals surface area contributed by atoms with Gasteiger partial charge in [0.1, 0.15) is 6.54 Å². The van der Waals surface area contributed by atoms with Crippen LogP contribution in [0, 0.1) is 6.92 Å². The molecule has 0 atom stereocenters. The van der Waals surface area contributed by atoms with E-state index in [-0.39, 0.29) is 5.91 Å². The summed E-state index contributed by atoms with van der Waals surface area (Å²) in [6.45, 7) is 2.67. The number of rotatable bonds is 6. The van der Waals surface area contributed by atoms with E-state index in [0.29, 0.717) is 10.9 Å². The number of amides is 1. The molecule has 2 aromatic carbocycles. The summed E-state index contributed by atoms with van der Waals surface area (Å²) in [4.78, 5) is 20.0. The lowest BCUT2D eigenvalue weighted by Gasteiger charge is -2.03. The summed E-state index contributed by atoms with van der Waals surface area (Å²) >= 11 is 2.94. The molecule has 0 aliphatic rings. The molecule has 4 rings (SSSR count). The number of carbonyl (C=O) groups excluding carboxylic acids is 1. The molecule has 2 aromatic heterocycles. The molecule has 0 unspecified atom stereocenters. The maximum Gasteiger partial charge on any atom is 0.317 e. The molecule has 0 spiro atoms. The molecule has 4 aromatic rings. The topological polar surface area (TPSA) is 61.7 Å². The minimum Gasteiger partial charge on any atom is -0.301 e. The molecule has 2 heterocycles. The number of imidazole rings is 1. The van der Waals surface area contributed by atoms with E-state index in [1.165, 1.54) is 28.7 Å². The molecule has 5 nitrogen and oxygen atoms in total. The number of nitrogens with zero attached hydrogens (tertiary/aromatic N) is 2. The van der Waals surface area contributed by atoms with Crippen LogP contribution < -0.4 is 9.88 Å². The van der Waals surface area contributed by atoms with E-state index >= 15 is 0 Å². The predicted octanol–water partition coefficient (Wildman–Crippen LogP) is 4.00. The van der Waals surface area contributed by atoms with Crippen LogP contribution in [0.25, 0.3) is 11.0 Å². The zero-order chi connectivity index (χ0) is 18.6. The highest BCUT2D eigenvalue weighted by Crippen LogP contribution is 2.20. The van der Waals surface area contributed by atoms with Crippen molar-refractivity contribution in [2.24, 2.45) is 0 Å². The lowest BCUT2D eigenvalue weighted by Crippen LogP contribution is -2.35. The summed E-state index contributed by atoms with van der Waals surface area (Å²) in [7, 11) is 0. The summed E-state index contributed by atoms with van der Waals surface area (Å²) in [5.74, 6) is 0.263. The van der Waals surface area contributed by atoms with Crippen molar-refractivity contribution in [2.45, 2.75) is 18.6 Å². The van der Waals surface area contributed by atoms with E-state index in [4.69, 9.17) is 0 Å². The molecule has 27 heavy (non-hydrogen) atoms. The first-order valence-corrected chi connectivity index (χ1v) is 10.4. The molecule has 0 radical (unpaired) electrons. The summed E-state index contributed by atoms with van der Waals surface area (Å²) in [5.41, 5.74) is 4.32. The van der Waals surface area contributed by atoms with Crippen molar-refractivity contribution in [1.29, 1.82) is 0 Å². The van der Waals surface area contributed by atoms with E-state index in [0.717, 1.165) is 28.4 Å². The van der Waals surface area contributed by atoms with Gasteiger partial charge < -0.3 is 5.32 Å². The van der Waals surface area contributed by atoms with E-state index < -0.39 is 0 Å². The van der Waals surface area contributed by atoms with Gasteiger partial charge in [0.2, 0.25) is 5.91 Å². The highest BCUT2D eigenvalue weighted by molar-refractivity contribution is 7.99. The number of H-pyrrole nitrogens is 1.